The van der Waals surface area contributed by atoms with Crippen LogP contribution in [0.5, 0.6) is 0 Å². The summed E-state index contributed by atoms with van der Waals surface area (Å²) in [6, 6.07) is 0. The number of hydrogen-bond acceptors (Lipinski definition) is 3. The topological polar surface area (TPSA) is 58.6 Å². The molecule has 5 heteroatoms. The predicted octanol–water partition coefficient (Wildman–Crippen LogP) is 2.30. The number of likely N-dealkylation sites (N-methyl/N-ethyl adjacent to an activating group) is 1. The summed E-state index contributed by atoms with van der Waals surface area (Å²) in [5.74, 6) is -0.0435. The molecule has 0 aromatic heterocycles. The Morgan fingerprint density at radius 2 is 1.63 bits per heavy atom. The number of alkyl carbamates (subject to hydrolysis) is 1. The lowest BCUT2D eigenvalue weighted by molar-refractivity contribution is -0.137. The fourth-order valence-corrected chi connectivity index (χ4v) is 2.47. The first kappa shape index (κ1) is 15.8. The summed E-state index contributed by atoms with van der Waals surface area (Å²) in [6.07, 6.45) is 3.88. The summed E-state index contributed by atoms with van der Waals surface area (Å²) in [6.45, 7) is 5.44. The van der Waals surface area contributed by atoms with Crippen LogP contribution in [-0.4, -0.2) is 42.1 Å². The molecule has 1 saturated carbocycles. The lowest BCUT2D eigenvalue weighted by Crippen LogP contribution is -2.59. The Bertz CT molecular complexity index is 339. The molecule has 110 valence electrons. The molecule has 19 heavy (non-hydrogen) atoms. The van der Waals surface area contributed by atoms with E-state index in [0.29, 0.717) is 12.8 Å². The summed E-state index contributed by atoms with van der Waals surface area (Å²) < 4.78 is 5.27. The van der Waals surface area contributed by atoms with Gasteiger partial charge >= 0.3 is 6.09 Å². The molecule has 0 spiro atoms. The van der Waals surface area contributed by atoms with Gasteiger partial charge in [0.2, 0.25) is 5.91 Å². The van der Waals surface area contributed by atoms with Crippen molar-refractivity contribution >= 4 is 12.0 Å². The molecule has 0 aliphatic heterocycles. The molecule has 1 aliphatic rings. The van der Waals surface area contributed by atoms with Crippen molar-refractivity contribution in [1.29, 1.82) is 0 Å². The number of nitrogens with one attached hydrogen (secondary N) is 1. The zero-order chi connectivity index (χ0) is 14.7. The van der Waals surface area contributed by atoms with Gasteiger partial charge < -0.3 is 15.0 Å². The number of nitrogens with zero attached hydrogens (tertiary/aromatic N) is 1. The standard InChI is InChI=1S/C14H26N2O3/c1-13(2,3)19-12(18)15-14(11(17)16(4)5)9-7-6-8-10-14/h6-10H2,1-5H3,(H,15,18). The highest BCUT2D eigenvalue weighted by molar-refractivity contribution is 5.89. The molecule has 0 saturated heterocycles. The largest absolute Gasteiger partial charge is 0.444 e. The number of carbonyl (C=O) groups excluding carboxylic acids is 2. The van der Waals surface area contributed by atoms with Gasteiger partial charge in [-0.2, -0.15) is 0 Å². The van der Waals surface area contributed by atoms with Gasteiger partial charge in [0, 0.05) is 14.1 Å². The van der Waals surface area contributed by atoms with Gasteiger partial charge in [0.25, 0.3) is 0 Å². The van der Waals surface area contributed by atoms with E-state index in [4.69, 9.17) is 4.74 Å². The van der Waals surface area contributed by atoms with Crippen molar-refractivity contribution in [2.75, 3.05) is 14.1 Å². The quantitative estimate of drug-likeness (QED) is 0.837. The predicted molar refractivity (Wildman–Crippen MR) is 73.9 cm³/mol. The molecule has 2 amide bonds. The van der Waals surface area contributed by atoms with Crippen LogP contribution in [0, 0.1) is 0 Å². The van der Waals surface area contributed by atoms with Gasteiger partial charge in [-0.05, 0) is 33.6 Å². The lowest BCUT2D eigenvalue weighted by Gasteiger charge is -2.38. The third-order valence-corrected chi connectivity index (χ3v) is 3.26. The summed E-state index contributed by atoms with van der Waals surface area (Å²) in [5.41, 5.74) is -1.34. The molecule has 1 N–H and O–H groups in total. The summed E-state index contributed by atoms with van der Waals surface area (Å²) in [5, 5.41) is 2.82. The van der Waals surface area contributed by atoms with E-state index in [1.165, 1.54) is 0 Å². The van der Waals surface area contributed by atoms with E-state index in [1.807, 2.05) is 20.8 Å². The highest BCUT2D eigenvalue weighted by atomic mass is 16.6. The molecule has 0 heterocycles. The fourth-order valence-electron chi connectivity index (χ4n) is 2.47. The van der Waals surface area contributed by atoms with Gasteiger partial charge in [-0.15, -0.1) is 0 Å². The Kier molecular flexibility index (Phi) is 4.82. The normalized spacial score (nSPS) is 18.6. The molecule has 0 aromatic rings. The lowest BCUT2D eigenvalue weighted by atomic mass is 9.80. The number of hydrogen-bond donors (Lipinski definition) is 1. The van der Waals surface area contributed by atoms with E-state index >= 15 is 0 Å². The van der Waals surface area contributed by atoms with E-state index in [-0.39, 0.29) is 5.91 Å². The van der Waals surface area contributed by atoms with Crippen molar-refractivity contribution in [1.82, 2.24) is 10.2 Å². The second-order valence-corrected chi connectivity index (χ2v) is 6.47. The molecular formula is C14H26N2O3. The van der Waals surface area contributed by atoms with Crippen LogP contribution in [0.3, 0.4) is 0 Å². The highest BCUT2D eigenvalue weighted by Crippen LogP contribution is 2.30. The molecule has 5 nitrogen and oxygen atoms in total. The smallest absolute Gasteiger partial charge is 0.408 e. The van der Waals surface area contributed by atoms with Gasteiger partial charge in [0.15, 0.2) is 0 Å². The average molecular weight is 270 g/mol. The first-order valence-corrected chi connectivity index (χ1v) is 6.89. The number of rotatable bonds is 2. The Labute approximate surface area is 115 Å². The molecule has 0 unspecified atom stereocenters. The summed E-state index contributed by atoms with van der Waals surface area (Å²) >= 11 is 0. The Morgan fingerprint density at radius 1 is 1.11 bits per heavy atom. The maximum Gasteiger partial charge on any atom is 0.408 e. The molecule has 0 aromatic carbocycles. The van der Waals surface area contributed by atoms with Crippen molar-refractivity contribution in [3.8, 4) is 0 Å². The molecule has 1 aliphatic carbocycles. The van der Waals surface area contributed by atoms with E-state index in [1.54, 1.807) is 19.0 Å². The molecular weight excluding hydrogens is 244 g/mol. The monoisotopic (exact) mass is 270 g/mol. The van der Waals surface area contributed by atoms with Gasteiger partial charge in [0.05, 0.1) is 0 Å². The van der Waals surface area contributed by atoms with E-state index in [0.717, 1.165) is 19.3 Å². The van der Waals surface area contributed by atoms with Crippen LogP contribution in [0.25, 0.3) is 0 Å². The van der Waals surface area contributed by atoms with Gasteiger partial charge in [0.1, 0.15) is 11.1 Å². The Morgan fingerprint density at radius 3 is 2.05 bits per heavy atom. The molecule has 0 radical (unpaired) electrons. The average Bonchev–Trinajstić information content (AvgIpc) is 2.26. The van der Waals surface area contributed by atoms with Crippen molar-refractivity contribution < 1.29 is 14.3 Å². The highest BCUT2D eigenvalue weighted by Gasteiger charge is 2.42. The van der Waals surface area contributed by atoms with Crippen LogP contribution >= 0.6 is 0 Å². The molecule has 1 fully saturated rings. The first-order valence-electron chi connectivity index (χ1n) is 6.89. The minimum atomic E-state index is -0.788. The fraction of sp³-hybridized carbons (Fsp3) is 0.857. The minimum absolute atomic E-state index is 0.0435. The summed E-state index contributed by atoms with van der Waals surface area (Å²) in [7, 11) is 3.44. The number of carbonyl (C=O) groups is 2. The van der Waals surface area contributed by atoms with Crippen molar-refractivity contribution in [3.05, 3.63) is 0 Å². The number of amides is 2. The van der Waals surface area contributed by atoms with Gasteiger partial charge in [-0.3, -0.25) is 4.79 Å². The zero-order valence-corrected chi connectivity index (χ0v) is 12.7. The van der Waals surface area contributed by atoms with Gasteiger partial charge in [-0.1, -0.05) is 19.3 Å². The molecule has 1 rings (SSSR count). The van der Waals surface area contributed by atoms with E-state index in [9.17, 15) is 9.59 Å². The van der Waals surface area contributed by atoms with E-state index < -0.39 is 17.2 Å². The first-order chi connectivity index (χ1) is 8.66. The second kappa shape index (κ2) is 5.80. The van der Waals surface area contributed by atoms with E-state index in [2.05, 4.69) is 5.32 Å². The zero-order valence-electron chi connectivity index (χ0n) is 12.7. The third-order valence-electron chi connectivity index (χ3n) is 3.26. The van der Waals surface area contributed by atoms with Crippen LogP contribution in [-0.2, 0) is 9.53 Å². The van der Waals surface area contributed by atoms with Crippen LogP contribution in [0.4, 0.5) is 4.79 Å². The SMILES string of the molecule is CN(C)C(=O)C1(NC(=O)OC(C)(C)C)CCCCC1. The molecule has 0 bridgehead atoms. The maximum absolute atomic E-state index is 12.4. The Hall–Kier alpha value is -1.26. The molecule has 0 atom stereocenters. The van der Waals surface area contributed by atoms with Crippen LogP contribution in [0.15, 0.2) is 0 Å². The van der Waals surface area contributed by atoms with Crippen molar-refractivity contribution in [3.63, 3.8) is 0 Å². The third kappa shape index (κ3) is 4.40. The van der Waals surface area contributed by atoms with Crippen LogP contribution in [0.2, 0.25) is 0 Å². The summed E-state index contributed by atoms with van der Waals surface area (Å²) in [4.78, 5) is 25.9. The van der Waals surface area contributed by atoms with Crippen LogP contribution in [0.1, 0.15) is 52.9 Å². The minimum Gasteiger partial charge on any atom is -0.444 e. The van der Waals surface area contributed by atoms with Gasteiger partial charge in [-0.25, -0.2) is 4.79 Å². The number of ether oxygens (including phenoxy) is 1. The van der Waals surface area contributed by atoms with Crippen molar-refractivity contribution in [2.24, 2.45) is 0 Å². The van der Waals surface area contributed by atoms with Crippen molar-refractivity contribution in [2.45, 2.75) is 64.0 Å². The maximum atomic E-state index is 12.4. The second-order valence-electron chi connectivity index (χ2n) is 6.47. The Balaban J connectivity index is 2.81. The van der Waals surface area contributed by atoms with Crippen LogP contribution < -0.4 is 5.32 Å².